The maximum atomic E-state index is 12.0. The number of nitrogens with zero attached hydrogens (tertiary/aromatic N) is 1. The Labute approximate surface area is 156 Å². The number of nitrogens with one attached hydrogen (secondary N) is 2. The van der Waals surface area contributed by atoms with Crippen molar-refractivity contribution in [3.63, 3.8) is 0 Å². The summed E-state index contributed by atoms with van der Waals surface area (Å²) < 4.78 is 1.12. The molecule has 0 unspecified atom stereocenters. The topological polar surface area (TPSA) is 70.6 Å². The van der Waals surface area contributed by atoms with E-state index in [9.17, 15) is 9.59 Å². The van der Waals surface area contributed by atoms with Crippen LogP contribution in [0.15, 0.2) is 23.3 Å². The predicted octanol–water partition coefficient (Wildman–Crippen LogP) is 4.00. The van der Waals surface area contributed by atoms with Crippen LogP contribution in [0.1, 0.15) is 51.0 Å². The minimum absolute atomic E-state index is 0.139. The molecule has 0 aliphatic heterocycles. The van der Waals surface area contributed by atoms with Gasteiger partial charge in [0.2, 0.25) is 11.8 Å². The lowest BCUT2D eigenvalue weighted by atomic mass is 9.89. The molecule has 0 bridgehead atoms. The molecule has 0 aromatic heterocycles. The molecule has 130 valence electrons. The first-order valence-electron chi connectivity index (χ1n) is 8.37. The molecule has 2 amide bonds. The van der Waals surface area contributed by atoms with Gasteiger partial charge in [0, 0.05) is 27.8 Å². The van der Waals surface area contributed by atoms with Gasteiger partial charge in [-0.25, -0.2) is 5.43 Å². The van der Waals surface area contributed by atoms with Crippen molar-refractivity contribution in [1.82, 2.24) is 5.43 Å². The first kappa shape index (κ1) is 18.9. The third kappa shape index (κ3) is 5.89. The Balaban J connectivity index is 1.76. The van der Waals surface area contributed by atoms with Crippen LogP contribution in [0.25, 0.3) is 0 Å². The maximum absolute atomic E-state index is 12.0. The van der Waals surface area contributed by atoms with Crippen molar-refractivity contribution in [2.45, 2.75) is 52.4 Å². The van der Waals surface area contributed by atoms with Gasteiger partial charge in [0.05, 0.1) is 0 Å². The highest BCUT2D eigenvalue weighted by Crippen LogP contribution is 2.21. The summed E-state index contributed by atoms with van der Waals surface area (Å²) in [6.07, 6.45) is 4.74. The molecule has 1 saturated carbocycles. The molecule has 0 heterocycles. The number of carbonyl (C=O) groups is 2. The summed E-state index contributed by atoms with van der Waals surface area (Å²) in [7, 11) is 0. The molecule has 1 aliphatic carbocycles. The highest BCUT2D eigenvalue weighted by atomic mass is 127. The van der Waals surface area contributed by atoms with Gasteiger partial charge in [-0.3, -0.25) is 9.59 Å². The summed E-state index contributed by atoms with van der Waals surface area (Å²) in [6.45, 7) is 4.09. The van der Waals surface area contributed by atoms with E-state index in [0.717, 1.165) is 39.8 Å². The highest BCUT2D eigenvalue weighted by molar-refractivity contribution is 14.1. The van der Waals surface area contributed by atoms with E-state index in [2.05, 4.69) is 45.4 Å². The predicted molar refractivity (Wildman–Crippen MR) is 105 cm³/mol. The Hall–Kier alpha value is -1.44. The molecule has 1 aliphatic rings. The fourth-order valence-electron chi connectivity index (χ4n) is 2.73. The molecule has 0 saturated heterocycles. The molecule has 24 heavy (non-hydrogen) atoms. The Morgan fingerprint density at radius 2 is 2.00 bits per heavy atom. The van der Waals surface area contributed by atoms with Crippen LogP contribution in [-0.2, 0) is 9.59 Å². The van der Waals surface area contributed by atoms with Crippen molar-refractivity contribution < 1.29 is 9.59 Å². The third-order valence-corrected chi connectivity index (χ3v) is 4.93. The van der Waals surface area contributed by atoms with Gasteiger partial charge in [-0.15, -0.1) is 0 Å². The Morgan fingerprint density at radius 1 is 1.25 bits per heavy atom. The molecular weight excluding hydrogens is 417 g/mol. The smallest absolute Gasteiger partial charge is 0.240 e. The molecule has 1 aromatic carbocycles. The second-order valence-corrected chi connectivity index (χ2v) is 7.54. The molecule has 2 rings (SSSR count). The zero-order chi connectivity index (χ0) is 17.5. The number of hydrogen-bond donors (Lipinski definition) is 2. The van der Waals surface area contributed by atoms with Gasteiger partial charge in [0.15, 0.2) is 0 Å². The normalized spacial score (nSPS) is 19.1. The van der Waals surface area contributed by atoms with Gasteiger partial charge in [0.1, 0.15) is 0 Å². The van der Waals surface area contributed by atoms with E-state index in [1.807, 2.05) is 25.1 Å². The van der Waals surface area contributed by atoms with Crippen molar-refractivity contribution in [2.75, 3.05) is 5.32 Å². The quantitative estimate of drug-likeness (QED) is 0.536. The molecule has 1 aromatic rings. The van der Waals surface area contributed by atoms with Crippen LogP contribution in [0.4, 0.5) is 5.69 Å². The molecule has 1 atom stereocenters. The minimum atomic E-state index is -0.213. The van der Waals surface area contributed by atoms with E-state index in [-0.39, 0.29) is 24.7 Å². The third-order valence-electron chi connectivity index (χ3n) is 4.25. The Bertz CT molecular complexity index is 643. The molecule has 2 N–H and O–H groups in total. The van der Waals surface area contributed by atoms with E-state index in [1.54, 1.807) is 0 Å². The second kappa shape index (κ2) is 9.15. The zero-order valence-electron chi connectivity index (χ0n) is 14.2. The fourth-order valence-corrected chi connectivity index (χ4v) is 3.38. The van der Waals surface area contributed by atoms with E-state index in [0.29, 0.717) is 5.92 Å². The molecular formula is C18H24IN3O2. The van der Waals surface area contributed by atoms with E-state index in [4.69, 9.17) is 0 Å². The number of benzene rings is 1. The van der Waals surface area contributed by atoms with Crippen molar-refractivity contribution in [2.24, 2.45) is 11.0 Å². The monoisotopic (exact) mass is 441 g/mol. The summed E-state index contributed by atoms with van der Waals surface area (Å²) in [5, 5.41) is 7.08. The SMILES string of the molecule is Cc1cc(I)ccc1NC(=O)CCC(=O)N/N=C1/CCCC[C@@H]1C. The van der Waals surface area contributed by atoms with Gasteiger partial charge in [-0.2, -0.15) is 5.10 Å². The number of halogens is 1. The van der Waals surface area contributed by atoms with Gasteiger partial charge in [-0.1, -0.05) is 13.3 Å². The number of aryl methyl sites for hydroxylation is 1. The number of hydrogen-bond acceptors (Lipinski definition) is 3. The van der Waals surface area contributed by atoms with Crippen molar-refractivity contribution in [3.05, 3.63) is 27.3 Å². The van der Waals surface area contributed by atoms with E-state index < -0.39 is 0 Å². The highest BCUT2D eigenvalue weighted by Gasteiger charge is 2.16. The largest absolute Gasteiger partial charge is 0.326 e. The standard InChI is InChI=1S/C18H24IN3O2/c1-12-5-3-4-6-16(12)21-22-18(24)10-9-17(23)20-15-8-7-14(19)11-13(15)2/h7-8,11-12H,3-6,9-10H2,1-2H3,(H,20,23)(H,22,24)/b21-16-/t12-/m0/s1. The van der Waals surface area contributed by atoms with E-state index >= 15 is 0 Å². The number of hydrazone groups is 1. The molecule has 6 heteroatoms. The average molecular weight is 441 g/mol. The summed E-state index contributed by atoms with van der Waals surface area (Å²) >= 11 is 2.23. The Kier molecular flexibility index (Phi) is 7.20. The van der Waals surface area contributed by atoms with Gasteiger partial charge < -0.3 is 5.32 Å². The van der Waals surface area contributed by atoms with Gasteiger partial charge in [-0.05, 0) is 78.5 Å². The van der Waals surface area contributed by atoms with Gasteiger partial charge >= 0.3 is 0 Å². The zero-order valence-corrected chi connectivity index (χ0v) is 16.4. The van der Waals surface area contributed by atoms with Crippen LogP contribution >= 0.6 is 22.6 Å². The summed E-state index contributed by atoms with van der Waals surface area (Å²) in [6, 6.07) is 5.83. The summed E-state index contributed by atoms with van der Waals surface area (Å²) in [5.74, 6) is 0.0640. The number of anilines is 1. The first-order valence-corrected chi connectivity index (χ1v) is 9.45. The Morgan fingerprint density at radius 3 is 2.71 bits per heavy atom. The maximum Gasteiger partial charge on any atom is 0.240 e. The number of rotatable bonds is 5. The number of carbonyl (C=O) groups excluding carboxylic acids is 2. The van der Waals surface area contributed by atoms with Crippen LogP contribution in [-0.4, -0.2) is 17.5 Å². The lowest BCUT2D eigenvalue weighted by Crippen LogP contribution is -2.25. The summed E-state index contributed by atoms with van der Waals surface area (Å²) in [5.41, 5.74) is 5.45. The first-order chi connectivity index (χ1) is 11.5. The molecule has 1 fully saturated rings. The average Bonchev–Trinajstić information content (AvgIpc) is 2.55. The van der Waals surface area contributed by atoms with Crippen molar-refractivity contribution in [1.29, 1.82) is 0 Å². The van der Waals surface area contributed by atoms with Gasteiger partial charge in [0.25, 0.3) is 0 Å². The van der Waals surface area contributed by atoms with Crippen LogP contribution in [0, 0.1) is 16.4 Å². The van der Waals surface area contributed by atoms with Crippen molar-refractivity contribution >= 4 is 45.8 Å². The van der Waals surface area contributed by atoms with Crippen LogP contribution in [0.2, 0.25) is 0 Å². The van der Waals surface area contributed by atoms with Crippen LogP contribution < -0.4 is 10.7 Å². The molecule has 5 nitrogen and oxygen atoms in total. The van der Waals surface area contributed by atoms with Crippen LogP contribution in [0.5, 0.6) is 0 Å². The van der Waals surface area contributed by atoms with Crippen LogP contribution in [0.3, 0.4) is 0 Å². The van der Waals surface area contributed by atoms with E-state index in [1.165, 1.54) is 6.42 Å². The number of amides is 2. The lowest BCUT2D eigenvalue weighted by molar-refractivity contribution is -0.124. The lowest BCUT2D eigenvalue weighted by Gasteiger charge is -2.19. The minimum Gasteiger partial charge on any atom is -0.326 e. The second-order valence-electron chi connectivity index (χ2n) is 6.29. The summed E-state index contributed by atoms with van der Waals surface area (Å²) in [4.78, 5) is 23.8. The fraction of sp³-hybridized carbons (Fsp3) is 0.500. The molecule has 0 spiro atoms. The van der Waals surface area contributed by atoms with Crippen molar-refractivity contribution in [3.8, 4) is 0 Å². The molecule has 0 radical (unpaired) electrons.